The van der Waals surface area contributed by atoms with Crippen molar-refractivity contribution in [3.8, 4) is 0 Å². The van der Waals surface area contributed by atoms with E-state index in [2.05, 4.69) is 22.5 Å². The number of nitrogens with one attached hydrogen (secondary N) is 2. The second-order valence-electron chi connectivity index (χ2n) is 4.69. The Labute approximate surface area is 85.0 Å². The van der Waals surface area contributed by atoms with Gasteiger partial charge in [0.05, 0.1) is 11.5 Å². The predicted molar refractivity (Wildman–Crippen MR) is 55.0 cm³/mol. The molecule has 2 N–H and O–H groups in total. The van der Waals surface area contributed by atoms with Gasteiger partial charge in [-0.05, 0) is 13.5 Å². The standard InChI is InChI=1S/C10H19N3O/c1-3-13-4-8(5-13)12-9(14)10(2)6-11-7-10/h8,11H,3-7H2,1-2H3,(H,12,14). The first-order valence-corrected chi connectivity index (χ1v) is 5.38. The molecule has 0 unspecified atom stereocenters. The van der Waals surface area contributed by atoms with Gasteiger partial charge in [-0.25, -0.2) is 0 Å². The normalized spacial score (nSPS) is 26.4. The molecule has 0 atom stereocenters. The zero-order valence-electron chi connectivity index (χ0n) is 8.97. The van der Waals surface area contributed by atoms with Crippen molar-refractivity contribution in [2.45, 2.75) is 19.9 Å². The summed E-state index contributed by atoms with van der Waals surface area (Å²) in [5, 5.41) is 6.24. The van der Waals surface area contributed by atoms with Crippen molar-refractivity contribution >= 4 is 5.91 Å². The molecule has 0 bridgehead atoms. The van der Waals surface area contributed by atoms with Crippen molar-refractivity contribution < 1.29 is 4.79 Å². The maximum absolute atomic E-state index is 11.8. The molecular formula is C10H19N3O. The third-order valence-electron chi connectivity index (χ3n) is 3.32. The molecule has 2 fully saturated rings. The van der Waals surface area contributed by atoms with Crippen LogP contribution in [0.5, 0.6) is 0 Å². The molecule has 0 aliphatic carbocycles. The van der Waals surface area contributed by atoms with Crippen molar-refractivity contribution in [1.29, 1.82) is 0 Å². The molecule has 0 aromatic rings. The zero-order chi connectivity index (χ0) is 10.2. The molecule has 2 aliphatic heterocycles. The summed E-state index contributed by atoms with van der Waals surface area (Å²) in [6.45, 7) is 8.94. The van der Waals surface area contributed by atoms with E-state index < -0.39 is 0 Å². The van der Waals surface area contributed by atoms with Crippen LogP contribution in [0.3, 0.4) is 0 Å². The van der Waals surface area contributed by atoms with Gasteiger partial charge in [-0.3, -0.25) is 9.69 Å². The van der Waals surface area contributed by atoms with E-state index in [4.69, 9.17) is 0 Å². The van der Waals surface area contributed by atoms with E-state index >= 15 is 0 Å². The van der Waals surface area contributed by atoms with E-state index in [-0.39, 0.29) is 11.3 Å². The fraction of sp³-hybridized carbons (Fsp3) is 0.900. The van der Waals surface area contributed by atoms with Crippen LogP contribution in [-0.4, -0.2) is 49.6 Å². The molecule has 14 heavy (non-hydrogen) atoms. The van der Waals surface area contributed by atoms with Crippen LogP contribution >= 0.6 is 0 Å². The number of hydrogen-bond acceptors (Lipinski definition) is 3. The number of carbonyl (C=O) groups excluding carboxylic acids is 1. The maximum Gasteiger partial charge on any atom is 0.228 e. The molecule has 0 saturated carbocycles. The van der Waals surface area contributed by atoms with Crippen LogP contribution in [0.15, 0.2) is 0 Å². The molecule has 2 rings (SSSR count). The molecule has 2 aliphatic rings. The Morgan fingerprint density at radius 2 is 2.21 bits per heavy atom. The van der Waals surface area contributed by atoms with Gasteiger partial charge in [0.15, 0.2) is 0 Å². The Balaban J connectivity index is 1.74. The Kier molecular flexibility index (Phi) is 2.49. The number of likely N-dealkylation sites (tertiary alicyclic amines) is 1. The van der Waals surface area contributed by atoms with E-state index in [1.807, 2.05) is 6.92 Å². The van der Waals surface area contributed by atoms with Gasteiger partial charge >= 0.3 is 0 Å². The molecule has 0 spiro atoms. The smallest absolute Gasteiger partial charge is 0.228 e. The van der Waals surface area contributed by atoms with Crippen LogP contribution in [-0.2, 0) is 4.79 Å². The van der Waals surface area contributed by atoms with Gasteiger partial charge in [-0.2, -0.15) is 0 Å². The Morgan fingerprint density at radius 1 is 1.57 bits per heavy atom. The van der Waals surface area contributed by atoms with E-state index in [0.29, 0.717) is 6.04 Å². The average molecular weight is 197 g/mol. The molecular weight excluding hydrogens is 178 g/mol. The van der Waals surface area contributed by atoms with E-state index in [1.54, 1.807) is 0 Å². The first-order chi connectivity index (χ1) is 6.64. The summed E-state index contributed by atoms with van der Waals surface area (Å²) in [7, 11) is 0. The summed E-state index contributed by atoms with van der Waals surface area (Å²) in [4.78, 5) is 14.1. The fourth-order valence-electron chi connectivity index (χ4n) is 1.94. The van der Waals surface area contributed by atoms with Gasteiger partial charge < -0.3 is 10.6 Å². The van der Waals surface area contributed by atoms with Crippen LogP contribution < -0.4 is 10.6 Å². The Morgan fingerprint density at radius 3 is 2.64 bits per heavy atom. The summed E-state index contributed by atoms with van der Waals surface area (Å²) < 4.78 is 0. The van der Waals surface area contributed by atoms with Gasteiger partial charge in [0.2, 0.25) is 5.91 Å². The highest BCUT2D eigenvalue weighted by atomic mass is 16.2. The fourth-order valence-corrected chi connectivity index (χ4v) is 1.94. The second-order valence-corrected chi connectivity index (χ2v) is 4.69. The topological polar surface area (TPSA) is 44.4 Å². The number of nitrogens with zero attached hydrogens (tertiary/aromatic N) is 1. The van der Waals surface area contributed by atoms with Crippen LogP contribution in [0.25, 0.3) is 0 Å². The SMILES string of the molecule is CCN1CC(NC(=O)C2(C)CNC2)C1. The molecule has 2 heterocycles. The summed E-state index contributed by atoms with van der Waals surface area (Å²) in [5.41, 5.74) is -0.146. The van der Waals surface area contributed by atoms with Gasteiger partial charge in [0.25, 0.3) is 0 Å². The lowest BCUT2D eigenvalue weighted by Crippen LogP contribution is -2.65. The highest BCUT2D eigenvalue weighted by Crippen LogP contribution is 2.22. The summed E-state index contributed by atoms with van der Waals surface area (Å²) in [6.07, 6.45) is 0. The zero-order valence-corrected chi connectivity index (χ0v) is 8.97. The van der Waals surface area contributed by atoms with Gasteiger partial charge in [0.1, 0.15) is 0 Å². The quantitative estimate of drug-likeness (QED) is 0.636. The minimum absolute atomic E-state index is 0.146. The number of amides is 1. The highest BCUT2D eigenvalue weighted by molar-refractivity contribution is 5.84. The molecule has 1 amide bonds. The lowest BCUT2D eigenvalue weighted by Gasteiger charge is -2.43. The molecule has 2 saturated heterocycles. The number of hydrogen-bond donors (Lipinski definition) is 2. The first kappa shape index (κ1) is 9.93. The minimum atomic E-state index is -0.146. The van der Waals surface area contributed by atoms with E-state index in [0.717, 1.165) is 32.7 Å². The van der Waals surface area contributed by atoms with E-state index in [1.165, 1.54) is 0 Å². The Hall–Kier alpha value is -0.610. The molecule has 4 nitrogen and oxygen atoms in total. The van der Waals surface area contributed by atoms with Gasteiger partial charge in [-0.15, -0.1) is 0 Å². The highest BCUT2D eigenvalue weighted by Gasteiger charge is 2.41. The van der Waals surface area contributed by atoms with Crippen molar-refractivity contribution in [1.82, 2.24) is 15.5 Å². The maximum atomic E-state index is 11.8. The molecule has 4 heteroatoms. The number of rotatable bonds is 3. The van der Waals surface area contributed by atoms with Gasteiger partial charge in [0, 0.05) is 26.2 Å². The third-order valence-corrected chi connectivity index (χ3v) is 3.32. The van der Waals surface area contributed by atoms with Crippen molar-refractivity contribution in [3.63, 3.8) is 0 Å². The number of likely N-dealkylation sites (N-methyl/N-ethyl adjacent to an activating group) is 1. The molecule has 0 aromatic heterocycles. The van der Waals surface area contributed by atoms with Crippen LogP contribution in [0.1, 0.15) is 13.8 Å². The predicted octanol–water partition coefficient (Wildman–Crippen LogP) is -0.584. The van der Waals surface area contributed by atoms with Crippen molar-refractivity contribution in [2.24, 2.45) is 5.41 Å². The summed E-state index contributed by atoms with van der Waals surface area (Å²) in [6, 6.07) is 0.389. The average Bonchev–Trinajstić information content (AvgIpc) is 2.05. The lowest BCUT2D eigenvalue weighted by atomic mass is 9.83. The third kappa shape index (κ3) is 1.64. The monoisotopic (exact) mass is 197 g/mol. The van der Waals surface area contributed by atoms with E-state index in [9.17, 15) is 4.79 Å². The summed E-state index contributed by atoms with van der Waals surface area (Å²) in [5.74, 6) is 0.219. The minimum Gasteiger partial charge on any atom is -0.350 e. The van der Waals surface area contributed by atoms with Crippen molar-refractivity contribution in [2.75, 3.05) is 32.7 Å². The first-order valence-electron chi connectivity index (χ1n) is 5.38. The molecule has 0 radical (unpaired) electrons. The lowest BCUT2D eigenvalue weighted by molar-refractivity contribution is -0.134. The number of carbonyl (C=O) groups is 1. The summed E-state index contributed by atoms with van der Waals surface area (Å²) >= 11 is 0. The second kappa shape index (κ2) is 3.51. The Bertz CT molecular complexity index is 232. The van der Waals surface area contributed by atoms with Gasteiger partial charge in [-0.1, -0.05) is 6.92 Å². The van der Waals surface area contributed by atoms with Crippen LogP contribution in [0.2, 0.25) is 0 Å². The van der Waals surface area contributed by atoms with Crippen LogP contribution in [0.4, 0.5) is 0 Å². The van der Waals surface area contributed by atoms with Crippen molar-refractivity contribution in [3.05, 3.63) is 0 Å². The largest absolute Gasteiger partial charge is 0.350 e. The molecule has 0 aromatic carbocycles. The van der Waals surface area contributed by atoms with Crippen LogP contribution in [0, 0.1) is 5.41 Å². The molecule has 80 valence electrons.